The normalized spacial score (nSPS) is 10.9. The maximum absolute atomic E-state index is 12.6. The van der Waals surface area contributed by atoms with Gasteiger partial charge < -0.3 is 15.2 Å². The topological polar surface area (TPSA) is 97.1 Å². The number of amides is 2. The summed E-state index contributed by atoms with van der Waals surface area (Å²) in [5.41, 5.74) is 5.11. The van der Waals surface area contributed by atoms with Crippen molar-refractivity contribution >= 4 is 11.8 Å². The average Bonchev–Trinajstić information content (AvgIpc) is 3.13. The zero-order valence-corrected chi connectivity index (χ0v) is 17.9. The van der Waals surface area contributed by atoms with Crippen molar-refractivity contribution in [2.45, 2.75) is 40.2 Å². The van der Waals surface area contributed by atoms with Crippen LogP contribution in [0.15, 0.2) is 40.9 Å². The average molecular weight is 406 g/mol. The minimum absolute atomic E-state index is 0.105. The fourth-order valence-corrected chi connectivity index (χ4v) is 3.22. The van der Waals surface area contributed by atoms with Crippen LogP contribution in [0, 0.1) is 13.8 Å². The lowest BCUT2D eigenvalue weighted by atomic mass is 10.0. The lowest BCUT2D eigenvalue weighted by Crippen LogP contribution is -2.24. The fourth-order valence-electron chi connectivity index (χ4n) is 3.22. The molecule has 2 heterocycles. The highest BCUT2D eigenvalue weighted by Crippen LogP contribution is 2.22. The molecule has 30 heavy (non-hydrogen) atoms. The van der Waals surface area contributed by atoms with Crippen LogP contribution >= 0.6 is 0 Å². The highest BCUT2D eigenvalue weighted by Gasteiger charge is 2.22. The summed E-state index contributed by atoms with van der Waals surface area (Å²) in [5.74, 6) is 0.284. The van der Waals surface area contributed by atoms with Gasteiger partial charge in [-0.3, -0.25) is 14.6 Å². The van der Waals surface area contributed by atoms with Gasteiger partial charge in [0, 0.05) is 19.2 Å². The van der Waals surface area contributed by atoms with Crippen molar-refractivity contribution in [3.8, 4) is 11.3 Å². The second-order valence-corrected chi connectivity index (χ2v) is 7.44. The van der Waals surface area contributed by atoms with E-state index < -0.39 is 0 Å². The van der Waals surface area contributed by atoms with Gasteiger partial charge in [0.25, 0.3) is 11.8 Å². The van der Waals surface area contributed by atoms with E-state index in [2.05, 4.69) is 20.8 Å². The number of nitrogens with one attached hydrogen (secondary N) is 2. The van der Waals surface area contributed by atoms with Gasteiger partial charge in [0.15, 0.2) is 0 Å². The van der Waals surface area contributed by atoms with Crippen molar-refractivity contribution in [2.24, 2.45) is 0 Å². The minimum atomic E-state index is -0.191. The Morgan fingerprint density at radius 3 is 2.33 bits per heavy atom. The Kier molecular flexibility index (Phi) is 6.30. The molecule has 7 nitrogen and oxygen atoms in total. The van der Waals surface area contributed by atoms with Crippen LogP contribution in [-0.2, 0) is 6.54 Å². The molecule has 0 aliphatic heterocycles. The Bertz CT molecular complexity index is 1070. The summed E-state index contributed by atoms with van der Waals surface area (Å²) in [4.78, 5) is 29.0. The van der Waals surface area contributed by atoms with Crippen LogP contribution in [0.25, 0.3) is 11.3 Å². The number of pyridine rings is 1. The van der Waals surface area contributed by atoms with E-state index in [1.54, 1.807) is 20.0 Å². The van der Waals surface area contributed by atoms with E-state index in [1.165, 1.54) is 0 Å². The number of carbonyl (C=O) groups is 2. The van der Waals surface area contributed by atoms with Crippen LogP contribution in [0.1, 0.15) is 63.2 Å². The molecule has 0 unspecified atom stereocenters. The SMILES string of the molecule is CNC(=O)c1ccc(-c2ccc(CNC(=O)c3c(C(C)C)noc3C)cc2)nc1C. The van der Waals surface area contributed by atoms with Crippen molar-refractivity contribution in [3.05, 3.63) is 70.2 Å². The number of benzene rings is 1. The van der Waals surface area contributed by atoms with Gasteiger partial charge in [0.05, 0.1) is 22.6 Å². The lowest BCUT2D eigenvalue weighted by molar-refractivity contribution is 0.0944. The first-order valence-electron chi connectivity index (χ1n) is 9.85. The summed E-state index contributed by atoms with van der Waals surface area (Å²) in [6.07, 6.45) is 0. The molecule has 2 N–H and O–H groups in total. The van der Waals surface area contributed by atoms with E-state index in [0.717, 1.165) is 16.8 Å². The number of hydrogen-bond acceptors (Lipinski definition) is 5. The van der Waals surface area contributed by atoms with Gasteiger partial charge in [-0.2, -0.15) is 0 Å². The molecule has 156 valence electrons. The van der Waals surface area contributed by atoms with E-state index in [9.17, 15) is 9.59 Å². The molecule has 0 saturated carbocycles. The number of aromatic nitrogens is 2. The zero-order valence-electron chi connectivity index (χ0n) is 17.9. The third-order valence-electron chi connectivity index (χ3n) is 4.92. The molecule has 0 bridgehead atoms. The number of nitrogens with zero attached hydrogens (tertiary/aromatic N) is 2. The predicted octanol–water partition coefficient (Wildman–Crippen LogP) is 3.77. The summed E-state index contributed by atoms with van der Waals surface area (Å²) < 4.78 is 5.19. The van der Waals surface area contributed by atoms with Crippen molar-refractivity contribution in [1.82, 2.24) is 20.8 Å². The van der Waals surface area contributed by atoms with Crippen molar-refractivity contribution < 1.29 is 14.1 Å². The fraction of sp³-hybridized carbons (Fsp3) is 0.304. The second-order valence-electron chi connectivity index (χ2n) is 7.44. The summed E-state index contributed by atoms with van der Waals surface area (Å²) in [7, 11) is 1.60. The molecule has 1 aromatic carbocycles. The lowest BCUT2D eigenvalue weighted by Gasteiger charge is -2.09. The van der Waals surface area contributed by atoms with E-state index in [4.69, 9.17) is 4.52 Å². The predicted molar refractivity (Wildman–Crippen MR) is 114 cm³/mol. The largest absolute Gasteiger partial charge is 0.361 e. The van der Waals surface area contributed by atoms with Gasteiger partial charge in [-0.25, -0.2) is 0 Å². The molecule has 0 radical (unpaired) electrons. The third kappa shape index (κ3) is 4.40. The van der Waals surface area contributed by atoms with Gasteiger partial charge in [-0.15, -0.1) is 0 Å². The highest BCUT2D eigenvalue weighted by atomic mass is 16.5. The van der Waals surface area contributed by atoms with Crippen molar-refractivity contribution in [2.75, 3.05) is 7.05 Å². The molecular formula is C23H26N4O3. The first-order valence-corrected chi connectivity index (χ1v) is 9.85. The Hall–Kier alpha value is -3.48. The second kappa shape index (κ2) is 8.90. The summed E-state index contributed by atoms with van der Waals surface area (Å²) in [6.45, 7) is 7.90. The standard InChI is InChI=1S/C23H26N4O3/c1-13(2)21-20(15(4)30-27-21)23(29)25-12-16-6-8-17(9-7-16)19-11-10-18(14(3)26-19)22(28)24-5/h6-11,13H,12H2,1-5H3,(H,24,28)(H,25,29). The molecule has 2 aromatic heterocycles. The molecule has 3 rings (SSSR count). The monoisotopic (exact) mass is 406 g/mol. The molecule has 0 saturated heterocycles. The summed E-state index contributed by atoms with van der Waals surface area (Å²) >= 11 is 0. The molecule has 0 aliphatic rings. The first-order chi connectivity index (χ1) is 14.3. The Balaban J connectivity index is 1.70. The molecule has 3 aromatic rings. The van der Waals surface area contributed by atoms with Gasteiger partial charge in [-0.05, 0) is 37.5 Å². The quantitative estimate of drug-likeness (QED) is 0.650. The Morgan fingerprint density at radius 2 is 1.73 bits per heavy atom. The van der Waals surface area contributed by atoms with Gasteiger partial charge in [-0.1, -0.05) is 43.3 Å². The van der Waals surface area contributed by atoms with E-state index in [0.29, 0.717) is 34.8 Å². The molecule has 0 fully saturated rings. The number of aryl methyl sites for hydroxylation is 2. The number of rotatable bonds is 6. The van der Waals surface area contributed by atoms with Crippen LogP contribution in [0.2, 0.25) is 0 Å². The third-order valence-corrected chi connectivity index (χ3v) is 4.92. The van der Waals surface area contributed by atoms with Crippen molar-refractivity contribution in [3.63, 3.8) is 0 Å². The Labute approximate surface area is 175 Å². The van der Waals surface area contributed by atoms with E-state index >= 15 is 0 Å². The van der Waals surface area contributed by atoms with Gasteiger partial charge in [0.1, 0.15) is 11.3 Å². The number of carbonyl (C=O) groups excluding carboxylic acids is 2. The van der Waals surface area contributed by atoms with Crippen LogP contribution < -0.4 is 10.6 Å². The van der Waals surface area contributed by atoms with Crippen LogP contribution in [0.5, 0.6) is 0 Å². The summed E-state index contributed by atoms with van der Waals surface area (Å²) in [5, 5.41) is 9.54. The smallest absolute Gasteiger partial charge is 0.257 e. The van der Waals surface area contributed by atoms with Crippen LogP contribution in [-0.4, -0.2) is 29.0 Å². The number of hydrogen-bond donors (Lipinski definition) is 2. The van der Waals surface area contributed by atoms with Crippen LogP contribution in [0.3, 0.4) is 0 Å². The molecule has 0 aliphatic carbocycles. The Morgan fingerprint density at radius 1 is 1.03 bits per heavy atom. The minimum Gasteiger partial charge on any atom is -0.361 e. The van der Waals surface area contributed by atoms with Crippen LogP contribution in [0.4, 0.5) is 0 Å². The molecule has 0 atom stereocenters. The van der Waals surface area contributed by atoms with E-state index in [1.807, 2.05) is 51.1 Å². The molecule has 2 amide bonds. The van der Waals surface area contributed by atoms with Crippen molar-refractivity contribution in [1.29, 1.82) is 0 Å². The van der Waals surface area contributed by atoms with E-state index in [-0.39, 0.29) is 17.7 Å². The maximum atomic E-state index is 12.6. The molecular weight excluding hydrogens is 380 g/mol. The summed E-state index contributed by atoms with van der Waals surface area (Å²) in [6, 6.07) is 11.4. The molecule has 0 spiro atoms. The maximum Gasteiger partial charge on any atom is 0.257 e. The first kappa shape index (κ1) is 21.2. The van der Waals surface area contributed by atoms with Gasteiger partial charge >= 0.3 is 0 Å². The zero-order chi connectivity index (χ0) is 21.8. The molecule has 7 heteroatoms. The van der Waals surface area contributed by atoms with Gasteiger partial charge in [0.2, 0.25) is 0 Å². The highest BCUT2D eigenvalue weighted by molar-refractivity contribution is 5.96.